The van der Waals surface area contributed by atoms with Gasteiger partial charge in [0.2, 0.25) is 0 Å². The molecule has 0 radical (unpaired) electrons. The largest absolute Gasteiger partial charge is 0.492 e. The van der Waals surface area contributed by atoms with Crippen LogP contribution in [-0.4, -0.2) is 16.4 Å². The fourth-order valence-electron chi connectivity index (χ4n) is 1.84. The van der Waals surface area contributed by atoms with Crippen molar-refractivity contribution in [2.75, 3.05) is 12.3 Å². The summed E-state index contributed by atoms with van der Waals surface area (Å²) < 4.78 is 7.07. The van der Waals surface area contributed by atoms with E-state index in [2.05, 4.69) is 5.10 Å². The third-order valence-electron chi connectivity index (χ3n) is 2.84. The summed E-state index contributed by atoms with van der Waals surface area (Å²) >= 11 is 6.17. The van der Waals surface area contributed by atoms with Gasteiger partial charge in [0.1, 0.15) is 11.6 Å². The number of nitrogens with zero attached hydrogens (tertiary/aromatic N) is 2. The Morgan fingerprint density at radius 2 is 2.17 bits per heavy atom. The number of ether oxygens (including phenoxy) is 1. The molecule has 4 nitrogen and oxygen atoms in total. The summed E-state index contributed by atoms with van der Waals surface area (Å²) in [6, 6.07) is 5.64. The topological polar surface area (TPSA) is 53.1 Å². The van der Waals surface area contributed by atoms with Gasteiger partial charge < -0.3 is 10.5 Å². The van der Waals surface area contributed by atoms with Gasteiger partial charge in [-0.2, -0.15) is 5.10 Å². The van der Waals surface area contributed by atoms with Crippen molar-refractivity contribution in [3.05, 3.63) is 28.8 Å². The summed E-state index contributed by atoms with van der Waals surface area (Å²) in [6.45, 7) is 4.46. The minimum Gasteiger partial charge on any atom is -0.492 e. The van der Waals surface area contributed by atoms with Gasteiger partial charge in [-0.1, -0.05) is 11.6 Å². The average Bonchev–Trinajstić information content (AvgIpc) is 2.60. The van der Waals surface area contributed by atoms with E-state index in [9.17, 15) is 0 Å². The fraction of sp³-hybridized carbons (Fsp3) is 0.308. The molecule has 0 saturated heterocycles. The monoisotopic (exact) mass is 265 g/mol. The van der Waals surface area contributed by atoms with Crippen LogP contribution in [0.15, 0.2) is 18.2 Å². The van der Waals surface area contributed by atoms with Crippen LogP contribution < -0.4 is 10.5 Å². The van der Waals surface area contributed by atoms with Crippen molar-refractivity contribution in [1.82, 2.24) is 9.78 Å². The van der Waals surface area contributed by atoms with E-state index in [1.54, 1.807) is 4.68 Å². The van der Waals surface area contributed by atoms with E-state index in [0.29, 0.717) is 23.2 Å². The van der Waals surface area contributed by atoms with Gasteiger partial charge in [-0.15, -0.1) is 0 Å². The van der Waals surface area contributed by atoms with E-state index in [-0.39, 0.29) is 0 Å². The molecule has 0 aliphatic carbocycles. The number of hydrogen-bond acceptors (Lipinski definition) is 3. The van der Waals surface area contributed by atoms with E-state index in [1.807, 2.05) is 39.1 Å². The Morgan fingerprint density at radius 1 is 1.44 bits per heavy atom. The molecular weight excluding hydrogens is 250 g/mol. The van der Waals surface area contributed by atoms with Crippen LogP contribution in [0.25, 0.3) is 11.3 Å². The Bertz CT molecular complexity index is 578. The first kappa shape index (κ1) is 12.8. The molecule has 5 heteroatoms. The van der Waals surface area contributed by atoms with Crippen LogP contribution >= 0.6 is 11.6 Å². The lowest BCUT2D eigenvalue weighted by Gasteiger charge is -2.07. The molecule has 0 amide bonds. The Hall–Kier alpha value is -1.68. The van der Waals surface area contributed by atoms with Crippen molar-refractivity contribution in [2.45, 2.75) is 13.8 Å². The van der Waals surface area contributed by atoms with Gasteiger partial charge in [0.15, 0.2) is 0 Å². The lowest BCUT2D eigenvalue weighted by molar-refractivity contribution is 0.340. The van der Waals surface area contributed by atoms with Crippen molar-refractivity contribution >= 4 is 17.4 Å². The molecule has 0 fully saturated rings. The van der Waals surface area contributed by atoms with Crippen LogP contribution in [0, 0.1) is 6.92 Å². The van der Waals surface area contributed by atoms with E-state index in [0.717, 1.165) is 16.8 Å². The second-order valence-electron chi connectivity index (χ2n) is 4.06. The number of aryl methyl sites for hydroxylation is 1. The Labute approximate surface area is 111 Å². The molecule has 0 bridgehead atoms. The molecule has 0 aliphatic heterocycles. The second-order valence-corrected chi connectivity index (χ2v) is 4.47. The molecule has 2 rings (SSSR count). The third kappa shape index (κ3) is 2.16. The van der Waals surface area contributed by atoms with Crippen molar-refractivity contribution in [2.24, 2.45) is 7.05 Å². The highest BCUT2D eigenvalue weighted by atomic mass is 35.5. The van der Waals surface area contributed by atoms with Crippen molar-refractivity contribution in [3.63, 3.8) is 0 Å². The van der Waals surface area contributed by atoms with Crippen LogP contribution in [0.2, 0.25) is 5.02 Å². The summed E-state index contributed by atoms with van der Waals surface area (Å²) in [5.41, 5.74) is 8.64. The average molecular weight is 266 g/mol. The first-order valence-electron chi connectivity index (χ1n) is 5.76. The van der Waals surface area contributed by atoms with E-state index >= 15 is 0 Å². The van der Waals surface area contributed by atoms with Gasteiger partial charge in [0, 0.05) is 18.2 Å². The first-order chi connectivity index (χ1) is 8.54. The molecule has 1 heterocycles. The molecule has 2 aromatic rings. The maximum Gasteiger partial charge on any atom is 0.137 e. The van der Waals surface area contributed by atoms with E-state index in [4.69, 9.17) is 22.1 Å². The first-order valence-corrected chi connectivity index (χ1v) is 6.14. The molecule has 0 spiro atoms. The molecule has 0 unspecified atom stereocenters. The van der Waals surface area contributed by atoms with Gasteiger partial charge in [-0.05, 0) is 32.0 Å². The van der Waals surface area contributed by atoms with Gasteiger partial charge >= 0.3 is 0 Å². The quantitative estimate of drug-likeness (QED) is 0.928. The fourth-order valence-corrected chi connectivity index (χ4v) is 2.07. The molecular formula is C13H16ClN3O. The highest BCUT2D eigenvalue weighted by Gasteiger charge is 2.13. The summed E-state index contributed by atoms with van der Waals surface area (Å²) in [4.78, 5) is 0. The Kier molecular flexibility index (Phi) is 3.48. The van der Waals surface area contributed by atoms with Gasteiger partial charge in [0.05, 0.1) is 17.3 Å². The lowest BCUT2D eigenvalue weighted by Crippen LogP contribution is -1.97. The van der Waals surface area contributed by atoms with Gasteiger partial charge in [0.25, 0.3) is 0 Å². The number of halogens is 1. The minimum absolute atomic E-state index is 0.581. The molecule has 18 heavy (non-hydrogen) atoms. The third-order valence-corrected chi connectivity index (χ3v) is 3.14. The molecule has 2 N–H and O–H groups in total. The normalized spacial score (nSPS) is 10.7. The Morgan fingerprint density at radius 3 is 2.67 bits per heavy atom. The van der Waals surface area contributed by atoms with Gasteiger partial charge in [-0.3, -0.25) is 4.68 Å². The highest BCUT2D eigenvalue weighted by Crippen LogP contribution is 2.32. The predicted octanol–water partition coefficient (Wildman–Crippen LogP) is 3.03. The smallest absolute Gasteiger partial charge is 0.137 e. The number of hydrogen-bond donors (Lipinski definition) is 1. The number of nitrogen functional groups attached to an aromatic ring is 1. The number of aromatic nitrogens is 2. The van der Waals surface area contributed by atoms with Crippen LogP contribution in [-0.2, 0) is 7.05 Å². The molecule has 0 aliphatic rings. The molecule has 96 valence electrons. The maximum atomic E-state index is 6.17. The van der Waals surface area contributed by atoms with Gasteiger partial charge in [-0.25, -0.2) is 0 Å². The van der Waals surface area contributed by atoms with Crippen LogP contribution in [0.1, 0.15) is 12.5 Å². The number of benzene rings is 1. The van der Waals surface area contributed by atoms with Crippen LogP contribution in [0.3, 0.4) is 0 Å². The van der Waals surface area contributed by atoms with E-state index < -0.39 is 0 Å². The molecule has 0 saturated carbocycles. The zero-order chi connectivity index (χ0) is 13.3. The lowest BCUT2D eigenvalue weighted by atomic mass is 10.1. The summed E-state index contributed by atoms with van der Waals surface area (Å²) in [5, 5.41) is 4.97. The van der Waals surface area contributed by atoms with Crippen molar-refractivity contribution in [1.29, 1.82) is 0 Å². The SMILES string of the molecule is CCOc1ccc(-c2nn(C)c(N)c2C)cc1Cl. The molecule has 1 aromatic heterocycles. The number of anilines is 1. The zero-order valence-corrected chi connectivity index (χ0v) is 11.5. The van der Waals surface area contributed by atoms with Crippen molar-refractivity contribution < 1.29 is 4.74 Å². The molecule has 1 aromatic carbocycles. The summed E-state index contributed by atoms with van der Waals surface area (Å²) in [6.07, 6.45) is 0. The summed E-state index contributed by atoms with van der Waals surface area (Å²) in [5.74, 6) is 1.35. The molecule has 0 atom stereocenters. The minimum atomic E-state index is 0.581. The number of nitrogens with two attached hydrogens (primary N) is 1. The standard InChI is InChI=1S/C13H16ClN3O/c1-4-18-11-6-5-9(7-10(11)14)12-8(2)13(15)17(3)16-12/h5-7H,4,15H2,1-3H3. The van der Waals surface area contributed by atoms with Crippen LogP contribution in [0.4, 0.5) is 5.82 Å². The zero-order valence-electron chi connectivity index (χ0n) is 10.7. The Balaban J connectivity index is 2.45. The van der Waals surface area contributed by atoms with Crippen molar-refractivity contribution in [3.8, 4) is 17.0 Å². The predicted molar refractivity (Wildman–Crippen MR) is 74.0 cm³/mol. The van der Waals surface area contributed by atoms with Crippen LogP contribution in [0.5, 0.6) is 5.75 Å². The van der Waals surface area contributed by atoms with E-state index in [1.165, 1.54) is 0 Å². The second kappa shape index (κ2) is 4.90. The number of rotatable bonds is 3. The highest BCUT2D eigenvalue weighted by molar-refractivity contribution is 6.32. The summed E-state index contributed by atoms with van der Waals surface area (Å²) in [7, 11) is 1.82. The maximum absolute atomic E-state index is 6.17.